The summed E-state index contributed by atoms with van der Waals surface area (Å²) < 4.78 is 0. The molecule has 1 amide bonds. The average Bonchev–Trinajstić information content (AvgIpc) is 3.25. The summed E-state index contributed by atoms with van der Waals surface area (Å²) in [5.41, 5.74) is 7.05. The maximum atomic E-state index is 12.9. The predicted octanol–water partition coefficient (Wildman–Crippen LogP) is 3.43. The quantitative estimate of drug-likeness (QED) is 0.772. The number of fused-ring (bicyclic) bond motifs is 1. The number of aromatic nitrogens is 1. The van der Waals surface area contributed by atoms with Gasteiger partial charge in [0, 0.05) is 49.1 Å². The number of nitrogen functional groups attached to an aromatic ring is 1. The van der Waals surface area contributed by atoms with E-state index in [2.05, 4.69) is 29.8 Å². The van der Waals surface area contributed by atoms with Crippen LogP contribution in [0, 0.1) is 5.92 Å². The number of carbonyl (C=O) groups is 2. The Morgan fingerprint density at radius 2 is 1.90 bits per heavy atom. The SMILES string of the molecule is C[C@@H]1CCC[C@H](C)N1CC(=O)N1CC[C@H](C(=O)CCc2ccc3c(N)nccc3c2)C1. The second kappa shape index (κ2) is 9.35. The van der Waals surface area contributed by atoms with Crippen molar-refractivity contribution in [2.75, 3.05) is 25.4 Å². The number of aryl methyl sites for hydroxylation is 1. The van der Waals surface area contributed by atoms with Crippen LogP contribution in [0.25, 0.3) is 10.8 Å². The Kier molecular flexibility index (Phi) is 6.56. The number of rotatable bonds is 6. The van der Waals surface area contributed by atoms with Crippen molar-refractivity contribution >= 4 is 28.3 Å². The van der Waals surface area contributed by atoms with E-state index in [1.165, 1.54) is 6.42 Å². The molecule has 31 heavy (non-hydrogen) atoms. The number of likely N-dealkylation sites (tertiary alicyclic amines) is 2. The van der Waals surface area contributed by atoms with Gasteiger partial charge in [0.25, 0.3) is 0 Å². The maximum Gasteiger partial charge on any atom is 0.236 e. The van der Waals surface area contributed by atoms with Gasteiger partial charge >= 0.3 is 0 Å². The fraction of sp³-hybridized carbons (Fsp3) is 0.560. The van der Waals surface area contributed by atoms with Crippen LogP contribution in [0.15, 0.2) is 30.5 Å². The van der Waals surface area contributed by atoms with Gasteiger partial charge in [-0.15, -0.1) is 0 Å². The van der Waals surface area contributed by atoms with E-state index >= 15 is 0 Å². The molecule has 1 aromatic heterocycles. The lowest BCUT2D eigenvalue weighted by Gasteiger charge is -2.39. The highest BCUT2D eigenvalue weighted by molar-refractivity contribution is 5.91. The molecule has 6 nitrogen and oxygen atoms in total. The molecule has 6 heteroatoms. The van der Waals surface area contributed by atoms with E-state index < -0.39 is 0 Å². The van der Waals surface area contributed by atoms with Crippen LogP contribution in [-0.2, 0) is 16.0 Å². The number of hydrogen-bond donors (Lipinski definition) is 1. The van der Waals surface area contributed by atoms with Crippen LogP contribution in [0.4, 0.5) is 5.82 Å². The van der Waals surface area contributed by atoms with Gasteiger partial charge in [-0.3, -0.25) is 14.5 Å². The third-order valence-electron chi connectivity index (χ3n) is 7.21. The topological polar surface area (TPSA) is 79.5 Å². The second-order valence-corrected chi connectivity index (χ2v) is 9.34. The van der Waals surface area contributed by atoms with Crippen molar-refractivity contribution in [2.45, 2.75) is 64.5 Å². The van der Waals surface area contributed by atoms with E-state index in [0.29, 0.717) is 50.4 Å². The number of Topliss-reactive ketones (excluding diaryl/α,β-unsaturated/α-hetero) is 1. The largest absolute Gasteiger partial charge is 0.383 e. The number of pyridine rings is 1. The number of ketones is 1. The zero-order chi connectivity index (χ0) is 22.0. The first-order valence-electron chi connectivity index (χ1n) is 11.6. The maximum absolute atomic E-state index is 12.9. The minimum Gasteiger partial charge on any atom is -0.383 e. The number of anilines is 1. The molecule has 0 aliphatic carbocycles. The minimum absolute atomic E-state index is 0.0274. The molecule has 2 N–H and O–H groups in total. The van der Waals surface area contributed by atoms with Crippen LogP contribution >= 0.6 is 0 Å². The second-order valence-electron chi connectivity index (χ2n) is 9.34. The molecule has 3 atom stereocenters. The third-order valence-corrected chi connectivity index (χ3v) is 7.21. The van der Waals surface area contributed by atoms with Gasteiger partial charge in [-0.2, -0.15) is 0 Å². The lowest BCUT2D eigenvalue weighted by Crippen LogP contribution is -2.49. The van der Waals surface area contributed by atoms with Crippen LogP contribution in [0.5, 0.6) is 0 Å². The van der Waals surface area contributed by atoms with Crippen molar-refractivity contribution in [2.24, 2.45) is 5.92 Å². The van der Waals surface area contributed by atoms with Crippen molar-refractivity contribution < 1.29 is 9.59 Å². The summed E-state index contributed by atoms with van der Waals surface area (Å²) in [6.07, 6.45) is 7.29. The summed E-state index contributed by atoms with van der Waals surface area (Å²) in [5, 5.41) is 2.00. The standard InChI is InChI=1S/C25H34N4O2/c1-17-4-3-5-18(2)29(17)16-24(31)28-13-11-21(15-28)23(30)9-7-19-6-8-22-20(14-19)10-12-27-25(22)26/h6,8,10,12,14,17-18,21H,3-5,7,9,11,13,15-16H2,1-2H3,(H2,26,27)/t17-,18+,21-/m0/s1. The van der Waals surface area contributed by atoms with Gasteiger partial charge in [-0.05, 0) is 56.5 Å². The van der Waals surface area contributed by atoms with Crippen LogP contribution in [0.2, 0.25) is 0 Å². The average molecular weight is 423 g/mol. The Morgan fingerprint density at radius 1 is 1.13 bits per heavy atom. The van der Waals surface area contributed by atoms with Gasteiger partial charge in [-0.25, -0.2) is 4.98 Å². The summed E-state index contributed by atoms with van der Waals surface area (Å²) in [6.45, 7) is 6.20. The normalized spacial score (nSPS) is 24.6. The zero-order valence-corrected chi connectivity index (χ0v) is 18.7. The molecule has 4 rings (SSSR count). The molecule has 0 unspecified atom stereocenters. The Hall–Kier alpha value is -2.47. The fourth-order valence-corrected chi connectivity index (χ4v) is 5.17. The summed E-state index contributed by atoms with van der Waals surface area (Å²) >= 11 is 0. The molecular formula is C25H34N4O2. The number of piperidine rings is 1. The summed E-state index contributed by atoms with van der Waals surface area (Å²) in [4.78, 5) is 34.0. The van der Waals surface area contributed by atoms with Crippen molar-refractivity contribution in [1.82, 2.24) is 14.8 Å². The molecule has 1 aromatic carbocycles. The predicted molar refractivity (Wildman–Crippen MR) is 124 cm³/mol. The first kappa shape index (κ1) is 21.8. The molecule has 0 bridgehead atoms. The van der Waals surface area contributed by atoms with Crippen molar-refractivity contribution in [3.63, 3.8) is 0 Å². The molecule has 0 saturated carbocycles. The Morgan fingerprint density at radius 3 is 2.68 bits per heavy atom. The van der Waals surface area contributed by atoms with Crippen LogP contribution in [0.1, 0.15) is 51.5 Å². The molecule has 2 aromatic rings. The molecule has 2 fully saturated rings. The highest BCUT2D eigenvalue weighted by Crippen LogP contribution is 2.25. The van der Waals surface area contributed by atoms with E-state index in [4.69, 9.17) is 5.73 Å². The Balaban J connectivity index is 1.29. The van der Waals surface area contributed by atoms with Crippen molar-refractivity contribution in [3.05, 3.63) is 36.0 Å². The van der Waals surface area contributed by atoms with Gasteiger partial charge in [0.2, 0.25) is 5.91 Å². The zero-order valence-electron chi connectivity index (χ0n) is 18.7. The Labute approximate surface area is 184 Å². The highest BCUT2D eigenvalue weighted by atomic mass is 16.2. The minimum atomic E-state index is -0.0274. The van der Waals surface area contributed by atoms with Gasteiger partial charge in [0.15, 0.2) is 0 Å². The van der Waals surface area contributed by atoms with Crippen molar-refractivity contribution in [1.29, 1.82) is 0 Å². The van der Waals surface area contributed by atoms with Crippen LogP contribution in [-0.4, -0.2) is 58.2 Å². The number of hydrogen-bond acceptors (Lipinski definition) is 5. The number of nitrogens with two attached hydrogens (primary N) is 1. The summed E-state index contributed by atoms with van der Waals surface area (Å²) in [6, 6.07) is 8.96. The molecule has 2 saturated heterocycles. The van der Waals surface area contributed by atoms with E-state index in [9.17, 15) is 9.59 Å². The Bertz CT molecular complexity index is 950. The van der Waals surface area contributed by atoms with Gasteiger partial charge in [0.1, 0.15) is 11.6 Å². The van der Waals surface area contributed by atoms with Crippen LogP contribution < -0.4 is 5.73 Å². The van der Waals surface area contributed by atoms with Gasteiger partial charge < -0.3 is 10.6 Å². The van der Waals surface area contributed by atoms with Gasteiger partial charge in [-0.1, -0.05) is 24.6 Å². The van der Waals surface area contributed by atoms with E-state index in [0.717, 1.165) is 35.6 Å². The lowest BCUT2D eigenvalue weighted by atomic mass is 9.96. The third kappa shape index (κ3) is 4.90. The van der Waals surface area contributed by atoms with Crippen LogP contribution in [0.3, 0.4) is 0 Å². The number of nitrogens with zero attached hydrogens (tertiary/aromatic N) is 3. The molecule has 2 aliphatic rings. The smallest absolute Gasteiger partial charge is 0.236 e. The van der Waals surface area contributed by atoms with E-state index in [1.54, 1.807) is 6.20 Å². The summed E-state index contributed by atoms with van der Waals surface area (Å²) in [5.74, 6) is 0.950. The number of carbonyl (C=O) groups excluding carboxylic acids is 2. The van der Waals surface area contributed by atoms with Crippen molar-refractivity contribution in [3.8, 4) is 0 Å². The first-order chi connectivity index (χ1) is 14.9. The van der Waals surface area contributed by atoms with E-state index in [-0.39, 0.29) is 17.6 Å². The lowest BCUT2D eigenvalue weighted by molar-refractivity contribution is -0.133. The molecule has 0 radical (unpaired) electrons. The fourth-order valence-electron chi connectivity index (χ4n) is 5.17. The van der Waals surface area contributed by atoms with E-state index in [1.807, 2.05) is 23.1 Å². The molecule has 3 heterocycles. The molecule has 0 spiro atoms. The monoisotopic (exact) mass is 422 g/mol. The summed E-state index contributed by atoms with van der Waals surface area (Å²) in [7, 11) is 0. The highest BCUT2D eigenvalue weighted by Gasteiger charge is 2.33. The van der Waals surface area contributed by atoms with Gasteiger partial charge in [0.05, 0.1) is 6.54 Å². The number of benzene rings is 1. The first-order valence-corrected chi connectivity index (χ1v) is 11.6. The number of amides is 1. The molecule has 166 valence electrons. The molecular weight excluding hydrogens is 388 g/mol. The molecule has 2 aliphatic heterocycles.